The lowest BCUT2D eigenvalue weighted by atomic mass is 10.1. The number of nitrogens with two attached hydrogens (primary N) is 1. The fourth-order valence-corrected chi connectivity index (χ4v) is 1.93. The zero-order chi connectivity index (χ0) is 9.84. The maximum atomic E-state index is 13.2. The lowest BCUT2D eigenvalue weighted by Crippen LogP contribution is -2.12. The van der Waals surface area contributed by atoms with Crippen LogP contribution in [0, 0.1) is 20.7 Å². The van der Waals surface area contributed by atoms with Crippen LogP contribution in [-0.2, 0) is 0 Å². The van der Waals surface area contributed by atoms with Crippen molar-refractivity contribution in [2.24, 2.45) is 5.73 Å². The highest BCUT2D eigenvalue weighted by atomic mass is 127. The van der Waals surface area contributed by atoms with Crippen LogP contribution in [0.2, 0.25) is 0 Å². The summed E-state index contributed by atoms with van der Waals surface area (Å²) < 4.78 is 14.0. The van der Waals surface area contributed by atoms with Crippen LogP contribution in [-0.4, -0.2) is 0 Å². The van der Waals surface area contributed by atoms with E-state index in [4.69, 9.17) is 11.0 Å². The lowest BCUT2D eigenvalue weighted by molar-refractivity contribution is 0.582. The Bertz CT molecular complexity index is 326. The third-order valence-electron chi connectivity index (χ3n) is 1.68. The second-order valence-corrected chi connectivity index (χ2v) is 3.77. The summed E-state index contributed by atoms with van der Waals surface area (Å²) in [4.78, 5) is 0. The molecule has 2 nitrogen and oxygen atoms in total. The standard InChI is InChI=1S/C9H8FIN2/c10-6-2-1-3-7(11)9(6)8(13)4-5-12/h1-3,8H,4,13H2/t8-/m0/s1. The molecule has 0 saturated heterocycles. The van der Waals surface area contributed by atoms with E-state index in [1.54, 1.807) is 12.1 Å². The van der Waals surface area contributed by atoms with Crippen LogP contribution >= 0.6 is 22.6 Å². The van der Waals surface area contributed by atoms with Crippen molar-refractivity contribution in [1.29, 1.82) is 5.26 Å². The summed E-state index contributed by atoms with van der Waals surface area (Å²) in [6.07, 6.45) is 0.136. The maximum absolute atomic E-state index is 13.2. The van der Waals surface area contributed by atoms with Crippen molar-refractivity contribution in [1.82, 2.24) is 0 Å². The molecule has 1 aromatic carbocycles. The molecule has 1 rings (SSSR count). The van der Waals surface area contributed by atoms with E-state index in [1.807, 2.05) is 28.7 Å². The lowest BCUT2D eigenvalue weighted by Gasteiger charge is -2.10. The van der Waals surface area contributed by atoms with Crippen molar-refractivity contribution >= 4 is 22.6 Å². The highest BCUT2D eigenvalue weighted by Crippen LogP contribution is 2.23. The van der Waals surface area contributed by atoms with Gasteiger partial charge < -0.3 is 5.73 Å². The van der Waals surface area contributed by atoms with Crippen LogP contribution < -0.4 is 5.73 Å². The Kier molecular flexibility index (Phi) is 3.63. The van der Waals surface area contributed by atoms with E-state index in [0.29, 0.717) is 5.56 Å². The van der Waals surface area contributed by atoms with Gasteiger partial charge in [0.25, 0.3) is 0 Å². The molecule has 13 heavy (non-hydrogen) atoms. The molecule has 4 heteroatoms. The van der Waals surface area contributed by atoms with Gasteiger partial charge in [-0.15, -0.1) is 0 Å². The number of nitriles is 1. The predicted molar refractivity (Wildman–Crippen MR) is 56.3 cm³/mol. The van der Waals surface area contributed by atoms with E-state index >= 15 is 0 Å². The minimum atomic E-state index is -0.530. The Balaban J connectivity index is 3.06. The van der Waals surface area contributed by atoms with Gasteiger partial charge in [-0.05, 0) is 34.7 Å². The second kappa shape index (κ2) is 4.53. The SMILES string of the molecule is N#CC[C@H](N)c1c(F)cccc1I. The molecule has 0 saturated carbocycles. The smallest absolute Gasteiger partial charge is 0.129 e. The molecule has 1 aromatic rings. The molecular weight excluding hydrogens is 282 g/mol. The second-order valence-electron chi connectivity index (χ2n) is 2.60. The van der Waals surface area contributed by atoms with E-state index in [-0.39, 0.29) is 12.2 Å². The average Bonchev–Trinajstić information content (AvgIpc) is 2.04. The molecule has 0 heterocycles. The first-order valence-corrected chi connectivity index (χ1v) is 4.81. The Morgan fingerprint density at radius 2 is 2.31 bits per heavy atom. The third kappa shape index (κ3) is 2.39. The van der Waals surface area contributed by atoms with Crippen LogP contribution in [0.15, 0.2) is 18.2 Å². The largest absolute Gasteiger partial charge is 0.323 e. The number of rotatable bonds is 2. The van der Waals surface area contributed by atoms with Crippen molar-refractivity contribution in [2.45, 2.75) is 12.5 Å². The van der Waals surface area contributed by atoms with Crippen molar-refractivity contribution in [3.05, 3.63) is 33.1 Å². The van der Waals surface area contributed by atoms with Gasteiger partial charge in [-0.25, -0.2) is 4.39 Å². The molecule has 0 unspecified atom stereocenters. The van der Waals surface area contributed by atoms with E-state index < -0.39 is 6.04 Å². The highest BCUT2D eigenvalue weighted by molar-refractivity contribution is 14.1. The van der Waals surface area contributed by atoms with Gasteiger partial charge in [0, 0.05) is 15.2 Å². The molecule has 0 radical (unpaired) electrons. The minimum absolute atomic E-state index is 0.136. The number of halogens is 2. The summed E-state index contributed by atoms with van der Waals surface area (Å²) in [5.41, 5.74) is 6.07. The zero-order valence-electron chi connectivity index (χ0n) is 6.80. The van der Waals surface area contributed by atoms with Crippen LogP contribution in [0.3, 0.4) is 0 Å². The van der Waals surface area contributed by atoms with Crippen LogP contribution in [0.5, 0.6) is 0 Å². The fraction of sp³-hybridized carbons (Fsp3) is 0.222. The number of benzene rings is 1. The molecule has 0 aliphatic rings. The molecule has 0 aliphatic heterocycles. The van der Waals surface area contributed by atoms with Crippen molar-refractivity contribution in [2.75, 3.05) is 0 Å². The van der Waals surface area contributed by atoms with E-state index in [9.17, 15) is 4.39 Å². The van der Waals surface area contributed by atoms with E-state index in [1.165, 1.54) is 6.07 Å². The first-order valence-electron chi connectivity index (χ1n) is 3.73. The van der Waals surface area contributed by atoms with Gasteiger partial charge in [0.05, 0.1) is 12.5 Å². The predicted octanol–water partition coefficient (Wildman–Crippen LogP) is 2.34. The molecule has 0 spiro atoms. The Hall–Kier alpha value is -0.670. The topological polar surface area (TPSA) is 49.8 Å². The first-order chi connectivity index (χ1) is 6.16. The third-order valence-corrected chi connectivity index (χ3v) is 2.62. The minimum Gasteiger partial charge on any atom is -0.323 e. The van der Waals surface area contributed by atoms with E-state index in [2.05, 4.69) is 0 Å². The molecule has 0 bridgehead atoms. The van der Waals surface area contributed by atoms with Crippen LogP contribution in [0.4, 0.5) is 4.39 Å². The van der Waals surface area contributed by atoms with Gasteiger partial charge >= 0.3 is 0 Å². The maximum Gasteiger partial charge on any atom is 0.129 e. The van der Waals surface area contributed by atoms with Crippen molar-refractivity contribution in [3.63, 3.8) is 0 Å². The summed E-state index contributed by atoms with van der Waals surface area (Å²) >= 11 is 2.01. The van der Waals surface area contributed by atoms with Gasteiger partial charge in [0.1, 0.15) is 5.82 Å². The summed E-state index contributed by atoms with van der Waals surface area (Å²) in [5.74, 6) is -0.338. The molecule has 1 atom stereocenters. The van der Waals surface area contributed by atoms with Gasteiger partial charge in [-0.3, -0.25) is 0 Å². The normalized spacial score (nSPS) is 12.2. The summed E-state index contributed by atoms with van der Waals surface area (Å²) in [5, 5.41) is 8.42. The molecule has 0 aromatic heterocycles. The monoisotopic (exact) mass is 290 g/mol. The first kappa shape index (κ1) is 10.4. The van der Waals surface area contributed by atoms with Crippen molar-refractivity contribution in [3.8, 4) is 6.07 Å². The molecule has 0 aliphatic carbocycles. The number of hydrogen-bond donors (Lipinski definition) is 1. The summed E-state index contributed by atoms with van der Waals surface area (Å²) in [6.45, 7) is 0. The molecular formula is C9H8FIN2. The van der Waals surface area contributed by atoms with Crippen LogP contribution in [0.25, 0.3) is 0 Å². The van der Waals surface area contributed by atoms with Gasteiger partial charge in [0.15, 0.2) is 0 Å². The number of hydrogen-bond acceptors (Lipinski definition) is 2. The Morgan fingerprint density at radius 3 is 2.85 bits per heavy atom. The molecule has 0 amide bonds. The van der Waals surface area contributed by atoms with Crippen molar-refractivity contribution < 1.29 is 4.39 Å². The average molecular weight is 290 g/mol. The fourth-order valence-electron chi connectivity index (χ4n) is 1.07. The van der Waals surface area contributed by atoms with Crippen LogP contribution in [0.1, 0.15) is 18.0 Å². The summed E-state index contributed by atoms with van der Waals surface area (Å²) in [6, 6.07) is 6.15. The Morgan fingerprint density at radius 1 is 1.62 bits per heavy atom. The quantitative estimate of drug-likeness (QED) is 0.850. The summed E-state index contributed by atoms with van der Waals surface area (Å²) in [7, 11) is 0. The molecule has 2 N–H and O–H groups in total. The highest BCUT2D eigenvalue weighted by Gasteiger charge is 2.13. The Labute approximate surface area is 89.7 Å². The van der Waals surface area contributed by atoms with Gasteiger partial charge in [-0.1, -0.05) is 6.07 Å². The zero-order valence-corrected chi connectivity index (χ0v) is 8.95. The molecule has 68 valence electrons. The van der Waals surface area contributed by atoms with Gasteiger partial charge in [-0.2, -0.15) is 5.26 Å². The van der Waals surface area contributed by atoms with E-state index in [0.717, 1.165) is 3.57 Å². The molecule has 0 fully saturated rings. The van der Waals surface area contributed by atoms with Gasteiger partial charge in [0.2, 0.25) is 0 Å². The number of nitrogens with zero attached hydrogens (tertiary/aromatic N) is 1.